The average molecular weight is 681 g/mol. The minimum absolute atomic E-state index is 0.0220. The Morgan fingerprint density at radius 1 is 0.958 bits per heavy atom. The second kappa shape index (κ2) is 17.4. The fourth-order valence-corrected chi connectivity index (χ4v) is 6.52. The average Bonchev–Trinajstić information content (AvgIpc) is 3.84. The van der Waals surface area contributed by atoms with E-state index in [0.717, 1.165) is 22.4 Å². The van der Waals surface area contributed by atoms with E-state index in [9.17, 15) is 19.5 Å². The number of carbonyl (C=O) groups is 3. The molecule has 0 radical (unpaired) electrons. The van der Waals surface area contributed by atoms with Crippen molar-refractivity contribution in [3.8, 4) is 0 Å². The summed E-state index contributed by atoms with van der Waals surface area (Å²) < 4.78 is 22.2. The van der Waals surface area contributed by atoms with Gasteiger partial charge in [0.25, 0.3) is 0 Å². The molecule has 258 valence electrons. The number of hydrogen-bond donors (Lipinski definition) is 4. The van der Waals surface area contributed by atoms with Gasteiger partial charge < -0.3 is 40.0 Å². The highest BCUT2D eigenvalue weighted by Crippen LogP contribution is 2.33. The lowest BCUT2D eigenvalue weighted by Gasteiger charge is -2.30. The summed E-state index contributed by atoms with van der Waals surface area (Å²) in [5.74, 6) is -0.685. The topological polar surface area (TPSA) is 157 Å². The van der Waals surface area contributed by atoms with Crippen LogP contribution in [-0.2, 0) is 43.2 Å². The standard InChI is InChI=1S/C35H44N4O8S/c1-22(2)31(39-34(42)46-19-26-18-36-21-48-26)32(41)37-25(15-23-9-5-3-6-10-23)17-29(40)28(16-24-11-7-4-8-12-24)38-35(43)47-30-20-45-33-27(30)13-14-44-33/h3-12,18,21-22,25,27-31,33,40H,13-17,19-20H2,1-2H3,(H,37,41)(H,38,43)(H,39,42)/t25-,27-,28-,29-,30-,31-,33+/m0/s1. The van der Waals surface area contributed by atoms with Crippen LogP contribution in [0.1, 0.15) is 42.7 Å². The number of alkyl carbamates (subject to hydrolysis) is 2. The van der Waals surface area contributed by atoms with Crippen LogP contribution >= 0.6 is 11.3 Å². The summed E-state index contributed by atoms with van der Waals surface area (Å²) in [5, 5.41) is 20.3. The molecule has 12 nitrogen and oxygen atoms in total. The Morgan fingerprint density at radius 2 is 1.67 bits per heavy atom. The number of thiazole rings is 1. The van der Waals surface area contributed by atoms with Crippen molar-refractivity contribution in [2.75, 3.05) is 13.2 Å². The number of aliphatic hydroxyl groups excluding tert-OH is 1. The van der Waals surface area contributed by atoms with Gasteiger partial charge in [-0.1, -0.05) is 74.5 Å². The first-order valence-electron chi connectivity index (χ1n) is 16.3. The fourth-order valence-electron chi connectivity index (χ4n) is 6.01. The largest absolute Gasteiger partial charge is 0.444 e. The minimum Gasteiger partial charge on any atom is -0.444 e. The molecular weight excluding hydrogens is 636 g/mol. The molecule has 2 aliphatic heterocycles. The maximum absolute atomic E-state index is 13.7. The van der Waals surface area contributed by atoms with Gasteiger partial charge in [0, 0.05) is 12.2 Å². The van der Waals surface area contributed by atoms with E-state index in [1.807, 2.05) is 74.5 Å². The number of ether oxygens (including phenoxy) is 4. The Kier molecular flexibility index (Phi) is 12.8. The molecule has 0 bridgehead atoms. The van der Waals surface area contributed by atoms with Crippen molar-refractivity contribution in [2.24, 2.45) is 11.8 Å². The molecule has 0 unspecified atom stereocenters. The first kappa shape index (κ1) is 35.3. The maximum atomic E-state index is 13.7. The zero-order chi connectivity index (χ0) is 33.9. The SMILES string of the molecule is CC(C)[C@H](NC(=O)OCc1cncs1)C(=O)N[C@@H](Cc1ccccc1)C[C@H](O)[C@H](Cc1ccccc1)NC(=O)O[C@H]1CO[C@H]2OCC[C@H]21. The summed E-state index contributed by atoms with van der Waals surface area (Å²) in [6.45, 7) is 4.52. The summed E-state index contributed by atoms with van der Waals surface area (Å²) in [7, 11) is 0. The van der Waals surface area contributed by atoms with Gasteiger partial charge in [0.1, 0.15) is 18.8 Å². The van der Waals surface area contributed by atoms with Crippen LogP contribution in [0.3, 0.4) is 0 Å². The van der Waals surface area contributed by atoms with Crippen LogP contribution in [0.5, 0.6) is 0 Å². The smallest absolute Gasteiger partial charge is 0.408 e. The van der Waals surface area contributed by atoms with Gasteiger partial charge in [0.15, 0.2) is 6.29 Å². The molecule has 0 saturated carbocycles. The second-order valence-corrected chi connectivity index (χ2v) is 13.5. The van der Waals surface area contributed by atoms with Crippen LogP contribution < -0.4 is 16.0 Å². The molecule has 2 fully saturated rings. The molecule has 7 atom stereocenters. The second-order valence-electron chi connectivity index (χ2n) is 12.5. The Labute approximate surface area is 284 Å². The lowest BCUT2D eigenvalue weighted by Crippen LogP contribution is -2.54. The number of amides is 3. The van der Waals surface area contributed by atoms with Gasteiger partial charge in [-0.05, 0) is 42.7 Å². The van der Waals surface area contributed by atoms with Gasteiger partial charge >= 0.3 is 12.2 Å². The van der Waals surface area contributed by atoms with E-state index < -0.39 is 48.4 Å². The molecule has 48 heavy (non-hydrogen) atoms. The third-order valence-electron chi connectivity index (χ3n) is 8.56. The molecule has 0 spiro atoms. The number of aliphatic hydroxyl groups is 1. The quantitative estimate of drug-likeness (QED) is 0.187. The van der Waals surface area contributed by atoms with Crippen molar-refractivity contribution in [1.82, 2.24) is 20.9 Å². The molecule has 2 aromatic carbocycles. The first-order chi connectivity index (χ1) is 23.2. The normalized spacial score (nSPS) is 21.0. The third-order valence-corrected chi connectivity index (χ3v) is 9.31. The number of nitrogens with one attached hydrogen (secondary N) is 3. The highest BCUT2D eigenvalue weighted by molar-refractivity contribution is 7.09. The van der Waals surface area contributed by atoms with Gasteiger partial charge in [-0.15, -0.1) is 11.3 Å². The molecule has 3 heterocycles. The highest BCUT2D eigenvalue weighted by atomic mass is 32.1. The highest BCUT2D eigenvalue weighted by Gasteiger charge is 2.44. The summed E-state index contributed by atoms with van der Waals surface area (Å²) in [5.41, 5.74) is 3.52. The zero-order valence-corrected chi connectivity index (χ0v) is 28.0. The van der Waals surface area contributed by atoms with Gasteiger partial charge in [-0.3, -0.25) is 9.78 Å². The summed E-state index contributed by atoms with van der Waals surface area (Å²) in [4.78, 5) is 44.2. The molecule has 1 aromatic heterocycles. The summed E-state index contributed by atoms with van der Waals surface area (Å²) in [6, 6.07) is 17.0. The lowest BCUT2D eigenvalue weighted by atomic mass is 9.93. The van der Waals surface area contributed by atoms with E-state index in [1.165, 1.54) is 11.3 Å². The lowest BCUT2D eigenvalue weighted by molar-refractivity contribution is -0.125. The number of rotatable bonds is 15. The van der Waals surface area contributed by atoms with Crippen molar-refractivity contribution >= 4 is 29.4 Å². The van der Waals surface area contributed by atoms with E-state index in [1.54, 1.807) is 11.7 Å². The molecular formula is C35H44N4O8S. The number of benzene rings is 2. The molecule has 3 aromatic rings. The Balaban J connectivity index is 1.27. The Morgan fingerprint density at radius 3 is 2.33 bits per heavy atom. The minimum atomic E-state index is -1.07. The summed E-state index contributed by atoms with van der Waals surface area (Å²) in [6.07, 6.45) is -0.00933. The van der Waals surface area contributed by atoms with Crippen LogP contribution in [0, 0.1) is 11.8 Å². The molecule has 0 aliphatic carbocycles. The maximum Gasteiger partial charge on any atom is 0.408 e. The van der Waals surface area contributed by atoms with Gasteiger partial charge in [0.05, 0.1) is 41.7 Å². The van der Waals surface area contributed by atoms with Crippen LogP contribution in [0.4, 0.5) is 9.59 Å². The molecule has 13 heteroatoms. The van der Waals surface area contributed by atoms with Crippen molar-refractivity contribution in [3.63, 3.8) is 0 Å². The van der Waals surface area contributed by atoms with Crippen molar-refractivity contribution in [2.45, 2.75) is 82.8 Å². The van der Waals surface area contributed by atoms with E-state index in [4.69, 9.17) is 18.9 Å². The fraction of sp³-hybridized carbons (Fsp3) is 0.486. The van der Waals surface area contributed by atoms with E-state index >= 15 is 0 Å². The van der Waals surface area contributed by atoms with E-state index in [2.05, 4.69) is 20.9 Å². The molecule has 4 N–H and O–H groups in total. The zero-order valence-electron chi connectivity index (χ0n) is 27.2. The molecule has 2 saturated heterocycles. The number of nitrogens with zero attached hydrogens (tertiary/aromatic N) is 1. The number of hydrogen-bond acceptors (Lipinski definition) is 10. The summed E-state index contributed by atoms with van der Waals surface area (Å²) >= 11 is 1.36. The van der Waals surface area contributed by atoms with Crippen molar-refractivity contribution < 1.29 is 38.4 Å². The Hall–Kier alpha value is -4.04. The van der Waals surface area contributed by atoms with Gasteiger partial charge in [-0.25, -0.2) is 9.59 Å². The van der Waals surface area contributed by atoms with Crippen molar-refractivity contribution in [3.05, 3.63) is 88.4 Å². The van der Waals surface area contributed by atoms with E-state index in [0.29, 0.717) is 19.4 Å². The van der Waals surface area contributed by atoms with Crippen LogP contribution in [0.2, 0.25) is 0 Å². The Bertz CT molecular complexity index is 1450. The number of fused-ring (bicyclic) bond motifs is 1. The van der Waals surface area contributed by atoms with Crippen LogP contribution in [0.15, 0.2) is 72.4 Å². The van der Waals surface area contributed by atoms with Gasteiger partial charge in [0.2, 0.25) is 5.91 Å². The monoisotopic (exact) mass is 680 g/mol. The molecule has 2 aliphatic rings. The van der Waals surface area contributed by atoms with Gasteiger partial charge in [-0.2, -0.15) is 0 Å². The number of carbonyl (C=O) groups excluding carboxylic acids is 3. The third kappa shape index (κ3) is 10.2. The molecule has 3 amide bonds. The predicted octanol–water partition coefficient (Wildman–Crippen LogP) is 3.97. The predicted molar refractivity (Wildman–Crippen MR) is 178 cm³/mol. The first-order valence-corrected chi connectivity index (χ1v) is 17.2. The van der Waals surface area contributed by atoms with Crippen LogP contribution in [-0.4, -0.2) is 78.0 Å². The van der Waals surface area contributed by atoms with Crippen LogP contribution in [0.25, 0.3) is 0 Å². The van der Waals surface area contributed by atoms with Crippen molar-refractivity contribution in [1.29, 1.82) is 0 Å². The molecule has 5 rings (SSSR count). The number of aromatic nitrogens is 1. The van der Waals surface area contributed by atoms with E-state index in [-0.39, 0.29) is 37.8 Å².